The van der Waals surface area contributed by atoms with Gasteiger partial charge in [0.2, 0.25) is 0 Å². The van der Waals surface area contributed by atoms with E-state index in [1.807, 2.05) is 0 Å². The van der Waals surface area contributed by atoms with Crippen LogP contribution in [0.15, 0.2) is 0 Å². The molecule has 0 atom stereocenters. The van der Waals surface area contributed by atoms with Crippen LogP contribution >= 0.6 is 0 Å². The Morgan fingerprint density at radius 2 is 1.17 bits per heavy atom. The minimum atomic E-state index is -0.401. The van der Waals surface area contributed by atoms with E-state index in [0.29, 0.717) is 5.92 Å². The van der Waals surface area contributed by atoms with Gasteiger partial charge in [0.05, 0.1) is 5.60 Å². The van der Waals surface area contributed by atoms with Crippen molar-refractivity contribution in [1.82, 2.24) is 0 Å². The summed E-state index contributed by atoms with van der Waals surface area (Å²) in [5.41, 5.74) is -0.401. The molecule has 0 aliphatic rings. The maximum absolute atomic E-state index is 10.7. The third-order valence-corrected chi connectivity index (χ3v) is 4.00. The predicted molar refractivity (Wildman–Crippen MR) is 87.2 cm³/mol. The Morgan fingerprint density at radius 1 is 0.778 bits per heavy atom. The van der Waals surface area contributed by atoms with Gasteiger partial charge < -0.3 is 5.11 Å². The molecule has 0 aromatic heterocycles. The Hall–Kier alpha value is 0.492. The van der Waals surface area contributed by atoms with Crippen LogP contribution in [0.5, 0.6) is 0 Å². The third-order valence-electron chi connectivity index (χ3n) is 4.00. The summed E-state index contributed by atoms with van der Waals surface area (Å²) in [6, 6.07) is 0. The molecule has 1 nitrogen and oxygen atoms in total. The first-order valence-electron chi connectivity index (χ1n) is 7.79. The van der Waals surface area contributed by atoms with Gasteiger partial charge in [-0.3, -0.25) is 0 Å². The molecule has 0 amide bonds. The average molecular weight is 272 g/mol. The monoisotopic (exact) mass is 272 g/mol. The number of hydrogen-bond donors (Lipinski definition) is 1. The number of aliphatic hydroxyl groups is 1. The molecule has 0 radical (unpaired) electrons. The lowest BCUT2D eigenvalue weighted by Gasteiger charge is -2.32. The zero-order valence-corrected chi connectivity index (χ0v) is 12.6. The largest absolute Gasteiger partial charge is 0.390 e. The summed E-state index contributed by atoms with van der Waals surface area (Å²) in [5.74, 6) is 0.394. The summed E-state index contributed by atoms with van der Waals surface area (Å²) < 4.78 is 0. The van der Waals surface area contributed by atoms with Crippen LogP contribution in [0.4, 0.5) is 0 Å². The smallest absolute Gasteiger partial charge is 0.187 e. The van der Waals surface area contributed by atoms with Crippen molar-refractivity contribution >= 4 is 17.4 Å². The number of rotatable bonds is 11. The first-order valence-corrected chi connectivity index (χ1v) is 7.79. The Labute approximate surface area is 126 Å². The van der Waals surface area contributed by atoms with Crippen molar-refractivity contribution in [2.45, 2.75) is 97.5 Å². The van der Waals surface area contributed by atoms with E-state index in [-0.39, 0.29) is 17.4 Å². The second-order valence-corrected chi connectivity index (χ2v) is 5.88. The van der Waals surface area contributed by atoms with E-state index in [4.69, 9.17) is 0 Å². The highest BCUT2D eigenvalue weighted by molar-refractivity contribution is 5.75. The van der Waals surface area contributed by atoms with Gasteiger partial charge in [0, 0.05) is 0 Å². The van der Waals surface area contributed by atoms with Gasteiger partial charge in [0.1, 0.15) is 0 Å². The third kappa shape index (κ3) is 9.43. The van der Waals surface area contributed by atoms with E-state index in [9.17, 15) is 5.11 Å². The van der Waals surface area contributed by atoms with E-state index >= 15 is 0 Å². The second-order valence-electron chi connectivity index (χ2n) is 5.88. The Kier molecular flexibility index (Phi) is 14.5. The first kappa shape index (κ1) is 20.8. The van der Waals surface area contributed by atoms with Crippen LogP contribution in [-0.2, 0) is 0 Å². The van der Waals surface area contributed by atoms with Crippen LogP contribution < -0.4 is 0 Å². The fourth-order valence-electron chi connectivity index (χ4n) is 2.42. The molecule has 0 bridgehead atoms. The lowest BCUT2D eigenvalue weighted by Crippen LogP contribution is -2.34. The lowest BCUT2D eigenvalue weighted by molar-refractivity contribution is -0.0249. The van der Waals surface area contributed by atoms with Gasteiger partial charge in [-0.1, -0.05) is 79.1 Å². The first-order chi connectivity index (χ1) is 8.06. The quantitative estimate of drug-likeness (QED) is 0.443. The summed E-state index contributed by atoms with van der Waals surface area (Å²) in [7, 11) is 0. The highest BCUT2D eigenvalue weighted by atomic mass is 27.0. The molecule has 0 heterocycles. The second kappa shape index (κ2) is 12.5. The minimum Gasteiger partial charge on any atom is -0.390 e. The van der Waals surface area contributed by atoms with E-state index in [1.54, 1.807) is 0 Å². The van der Waals surface area contributed by atoms with Gasteiger partial charge in [-0.15, -0.1) is 0 Å². The van der Waals surface area contributed by atoms with Gasteiger partial charge in [0.15, 0.2) is 17.4 Å². The summed E-state index contributed by atoms with van der Waals surface area (Å²) >= 11 is 0. The van der Waals surface area contributed by atoms with E-state index < -0.39 is 5.60 Å². The van der Waals surface area contributed by atoms with Crippen LogP contribution in [0, 0.1) is 5.92 Å². The molecule has 1 N–H and O–H groups in total. The van der Waals surface area contributed by atoms with Crippen LogP contribution in [0.1, 0.15) is 91.9 Å². The van der Waals surface area contributed by atoms with Gasteiger partial charge in [-0.2, -0.15) is 0 Å². The fraction of sp³-hybridized carbons (Fsp3) is 1.00. The SMILES string of the molecule is CCCCCCC(O)(CCCCCC)C(C)C.[AlH3]. The molecule has 2 heteroatoms. The summed E-state index contributed by atoms with van der Waals surface area (Å²) in [4.78, 5) is 0. The van der Waals surface area contributed by atoms with Crippen LogP contribution in [0.3, 0.4) is 0 Å². The predicted octanol–water partition coefficient (Wildman–Crippen LogP) is 4.13. The standard InChI is InChI=1S/C16H34O.Al.3H/c1-5-7-9-11-13-16(17,15(3)4)14-12-10-8-6-2;;;;/h15,17H,5-14H2,1-4H3;;;;. The molecule has 0 aliphatic heterocycles. The van der Waals surface area contributed by atoms with Crippen molar-refractivity contribution in [3.63, 3.8) is 0 Å². The summed E-state index contributed by atoms with van der Waals surface area (Å²) in [6.45, 7) is 8.80. The van der Waals surface area contributed by atoms with Crippen LogP contribution in [0.2, 0.25) is 0 Å². The molecule has 0 aromatic carbocycles. The van der Waals surface area contributed by atoms with Crippen molar-refractivity contribution in [2.75, 3.05) is 0 Å². The maximum atomic E-state index is 10.7. The maximum Gasteiger partial charge on any atom is 0.187 e. The molecule has 18 heavy (non-hydrogen) atoms. The molecular weight excluding hydrogens is 235 g/mol. The molecule has 110 valence electrons. The topological polar surface area (TPSA) is 20.2 Å². The zero-order chi connectivity index (χ0) is 13.1. The molecule has 0 saturated carbocycles. The van der Waals surface area contributed by atoms with Gasteiger partial charge in [-0.05, 0) is 18.8 Å². The highest BCUT2D eigenvalue weighted by Gasteiger charge is 2.29. The lowest BCUT2D eigenvalue weighted by atomic mass is 9.81. The highest BCUT2D eigenvalue weighted by Crippen LogP contribution is 2.30. The van der Waals surface area contributed by atoms with Crippen molar-refractivity contribution in [2.24, 2.45) is 5.92 Å². The van der Waals surface area contributed by atoms with Crippen LogP contribution in [-0.4, -0.2) is 28.1 Å². The average Bonchev–Trinajstić information content (AvgIpc) is 2.30. The number of unbranched alkanes of at least 4 members (excludes halogenated alkanes) is 6. The summed E-state index contributed by atoms with van der Waals surface area (Å²) in [6.07, 6.45) is 12.1. The molecule has 0 aliphatic carbocycles. The van der Waals surface area contributed by atoms with Crippen molar-refractivity contribution < 1.29 is 5.11 Å². The Bertz CT molecular complexity index is 156. The Balaban J connectivity index is 0. The minimum absolute atomic E-state index is 0. The molecule has 0 unspecified atom stereocenters. The van der Waals surface area contributed by atoms with Crippen molar-refractivity contribution in [3.05, 3.63) is 0 Å². The van der Waals surface area contributed by atoms with Gasteiger partial charge in [0.25, 0.3) is 0 Å². The Morgan fingerprint density at radius 3 is 1.44 bits per heavy atom. The molecule has 0 aromatic rings. The van der Waals surface area contributed by atoms with Crippen molar-refractivity contribution in [3.8, 4) is 0 Å². The molecule has 0 spiro atoms. The summed E-state index contributed by atoms with van der Waals surface area (Å²) in [5, 5.41) is 10.7. The molecule has 0 rings (SSSR count). The molecule has 0 saturated heterocycles. The number of hydrogen-bond acceptors (Lipinski definition) is 1. The van der Waals surface area contributed by atoms with Gasteiger partial charge in [-0.25, -0.2) is 0 Å². The van der Waals surface area contributed by atoms with E-state index in [0.717, 1.165) is 12.8 Å². The van der Waals surface area contributed by atoms with E-state index in [2.05, 4.69) is 27.7 Å². The fourth-order valence-corrected chi connectivity index (χ4v) is 2.42. The zero-order valence-electron chi connectivity index (χ0n) is 12.6. The van der Waals surface area contributed by atoms with Crippen molar-refractivity contribution in [1.29, 1.82) is 0 Å². The molecular formula is C16H37AlO. The van der Waals surface area contributed by atoms with Crippen LogP contribution in [0.25, 0.3) is 0 Å². The van der Waals surface area contributed by atoms with E-state index in [1.165, 1.54) is 51.4 Å². The van der Waals surface area contributed by atoms with Gasteiger partial charge >= 0.3 is 0 Å². The molecule has 0 fully saturated rings. The normalized spacial score (nSPS) is 11.7.